The third kappa shape index (κ3) is 5.50. The first kappa shape index (κ1) is 22.5. The second kappa shape index (κ2) is 9.76. The molecule has 6 nitrogen and oxygen atoms in total. The van der Waals surface area contributed by atoms with Crippen molar-refractivity contribution in [1.82, 2.24) is 0 Å². The lowest BCUT2D eigenvalue weighted by atomic mass is 9.99. The minimum absolute atomic E-state index is 0.0212. The average molecular weight is 439 g/mol. The first-order valence-electron chi connectivity index (χ1n) is 10.1. The quantitative estimate of drug-likeness (QED) is 0.474. The average Bonchev–Trinajstić information content (AvgIpc) is 2.72. The Labute approximate surface area is 176 Å². The number of benzene rings is 2. The van der Waals surface area contributed by atoms with Crippen LogP contribution in [0.1, 0.15) is 37.3 Å². The van der Waals surface area contributed by atoms with Crippen molar-refractivity contribution in [2.45, 2.75) is 56.6 Å². The molecule has 30 heavy (non-hydrogen) atoms. The minimum Gasteiger partial charge on any atom is -0.491 e. The summed E-state index contributed by atoms with van der Waals surface area (Å²) in [4.78, 5) is 0.0212. The van der Waals surface area contributed by atoms with Crippen molar-refractivity contribution in [2.24, 2.45) is 0 Å². The van der Waals surface area contributed by atoms with Gasteiger partial charge >= 0.3 is 0 Å². The Morgan fingerprint density at radius 3 is 2.70 bits per heavy atom. The predicted molar refractivity (Wildman–Crippen MR) is 110 cm³/mol. The molecule has 0 fully saturated rings. The first-order chi connectivity index (χ1) is 14.3. The number of aliphatic hydroxyl groups is 1. The molecule has 2 aromatic carbocycles. The Morgan fingerprint density at radius 2 is 2.00 bits per heavy atom. The number of fused-ring (bicyclic) bond motifs is 1. The monoisotopic (exact) mass is 438 g/mol. The van der Waals surface area contributed by atoms with E-state index < -0.39 is 34.8 Å². The van der Waals surface area contributed by atoms with E-state index in [1.807, 2.05) is 13.8 Å². The Kier molecular flexibility index (Phi) is 7.33. The fraction of sp³-hybridized carbons (Fsp3) is 0.455. The highest BCUT2D eigenvalue weighted by Crippen LogP contribution is 2.34. The molecule has 3 rings (SSSR count). The maximum absolute atomic E-state index is 14.3. The third-order valence-corrected chi connectivity index (χ3v) is 6.28. The van der Waals surface area contributed by atoms with Crippen LogP contribution in [-0.4, -0.2) is 38.9 Å². The number of aryl methyl sites for hydroxylation is 2. The highest BCUT2D eigenvalue weighted by atomic mass is 32.2. The molecular formula is C22H27FO6S. The molecule has 1 heterocycles. The maximum Gasteiger partial charge on any atom is 0.297 e. The van der Waals surface area contributed by atoms with E-state index >= 15 is 0 Å². The SMILES string of the molecule is CCCCOc1cc2c(cc1F)O[C@@H]([C@@H](O)COS(=O)(=O)c1ccc(C)cc1)CC2. The highest BCUT2D eigenvalue weighted by Gasteiger charge is 2.29. The Bertz CT molecular complexity index is 958. The second-order valence-corrected chi connectivity index (χ2v) is 9.02. The van der Waals surface area contributed by atoms with Gasteiger partial charge in [0, 0.05) is 6.07 Å². The number of rotatable bonds is 9. The lowest BCUT2D eigenvalue weighted by Gasteiger charge is -2.29. The molecule has 1 aliphatic rings. The van der Waals surface area contributed by atoms with Gasteiger partial charge in [0.05, 0.1) is 18.1 Å². The molecule has 164 valence electrons. The van der Waals surface area contributed by atoms with Crippen LogP contribution in [0.5, 0.6) is 11.5 Å². The van der Waals surface area contributed by atoms with Crippen LogP contribution < -0.4 is 9.47 Å². The van der Waals surface area contributed by atoms with Crippen molar-refractivity contribution in [1.29, 1.82) is 0 Å². The fourth-order valence-corrected chi connectivity index (χ4v) is 4.07. The summed E-state index contributed by atoms with van der Waals surface area (Å²) in [5.41, 5.74) is 1.72. The van der Waals surface area contributed by atoms with Crippen LogP contribution in [0.4, 0.5) is 4.39 Å². The van der Waals surface area contributed by atoms with Gasteiger partial charge in [0.1, 0.15) is 18.0 Å². The van der Waals surface area contributed by atoms with Crippen LogP contribution >= 0.6 is 0 Å². The first-order valence-corrected chi connectivity index (χ1v) is 11.5. The Balaban J connectivity index is 1.60. The van der Waals surface area contributed by atoms with Gasteiger partial charge in [-0.1, -0.05) is 31.0 Å². The zero-order valence-corrected chi connectivity index (χ0v) is 18.0. The Morgan fingerprint density at radius 1 is 1.27 bits per heavy atom. The van der Waals surface area contributed by atoms with Gasteiger partial charge in [-0.15, -0.1) is 0 Å². The number of hydrogen-bond acceptors (Lipinski definition) is 6. The fourth-order valence-electron chi connectivity index (χ4n) is 3.15. The van der Waals surface area contributed by atoms with Gasteiger partial charge < -0.3 is 14.6 Å². The van der Waals surface area contributed by atoms with Crippen molar-refractivity contribution < 1.29 is 31.6 Å². The molecule has 1 aliphatic heterocycles. The minimum atomic E-state index is -3.99. The largest absolute Gasteiger partial charge is 0.491 e. The second-order valence-electron chi connectivity index (χ2n) is 7.41. The number of aliphatic hydroxyl groups excluding tert-OH is 1. The summed E-state index contributed by atoms with van der Waals surface area (Å²) >= 11 is 0. The molecule has 0 amide bonds. The molecule has 8 heteroatoms. The van der Waals surface area contributed by atoms with E-state index in [1.165, 1.54) is 18.2 Å². The van der Waals surface area contributed by atoms with E-state index in [0.717, 1.165) is 24.0 Å². The molecule has 0 unspecified atom stereocenters. The van der Waals surface area contributed by atoms with E-state index in [0.29, 0.717) is 25.2 Å². The number of halogens is 1. The molecule has 2 atom stereocenters. The summed E-state index contributed by atoms with van der Waals surface area (Å²) in [7, 11) is -3.99. The van der Waals surface area contributed by atoms with Crippen molar-refractivity contribution in [3.8, 4) is 11.5 Å². The van der Waals surface area contributed by atoms with E-state index in [2.05, 4.69) is 0 Å². The lowest BCUT2D eigenvalue weighted by Crippen LogP contribution is -2.38. The predicted octanol–water partition coefficient (Wildman–Crippen LogP) is 3.77. The highest BCUT2D eigenvalue weighted by molar-refractivity contribution is 7.86. The number of unbranched alkanes of at least 4 members (excludes halogenated alkanes) is 1. The number of ether oxygens (including phenoxy) is 2. The molecule has 0 radical (unpaired) electrons. The standard InChI is InChI=1S/C22H27FO6S/c1-3-4-11-27-22-12-16-7-10-20(29-21(16)13-18(22)23)19(24)14-28-30(25,26)17-8-5-15(2)6-9-17/h5-6,8-9,12-13,19-20,24H,3-4,7,10-11,14H2,1-2H3/t19-,20+/m0/s1. The summed E-state index contributed by atoms with van der Waals surface area (Å²) in [5.74, 6) is -0.0115. The van der Waals surface area contributed by atoms with Gasteiger partial charge in [0.15, 0.2) is 11.6 Å². The molecule has 1 N–H and O–H groups in total. The summed E-state index contributed by atoms with van der Waals surface area (Å²) in [6, 6.07) is 9.12. The van der Waals surface area contributed by atoms with Gasteiger partial charge in [-0.3, -0.25) is 4.18 Å². The summed E-state index contributed by atoms with van der Waals surface area (Å²) in [6.07, 6.45) is 0.914. The van der Waals surface area contributed by atoms with Crippen LogP contribution in [-0.2, 0) is 20.7 Å². The normalized spacial score (nSPS) is 17.1. The van der Waals surface area contributed by atoms with E-state index in [4.69, 9.17) is 13.7 Å². The van der Waals surface area contributed by atoms with Gasteiger partial charge in [-0.2, -0.15) is 8.42 Å². The maximum atomic E-state index is 14.3. The molecule has 0 bridgehead atoms. The third-order valence-electron chi connectivity index (χ3n) is 4.98. The lowest BCUT2D eigenvalue weighted by molar-refractivity contribution is -0.00224. The van der Waals surface area contributed by atoms with Crippen molar-refractivity contribution in [3.05, 3.63) is 53.3 Å². The van der Waals surface area contributed by atoms with E-state index in [1.54, 1.807) is 18.2 Å². The molecule has 2 aromatic rings. The molecule has 0 saturated heterocycles. The van der Waals surface area contributed by atoms with E-state index in [-0.39, 0.29) is 10.6 Å². The van der Waals surface area contributed by atoms with Crippen LogP contribution in [0.25, 0.3) is 0 Å². The molecule has 0 spiro atoms. The van der Waals surface area contributed by atoms with Gasteiger partial charge in [0.2, 0.25) is 0 Å². The summed E-state index contributed by atoms with van der Waals surface area (Å²) in [6.45, 7) is 3.88. The van der Waals surface area contributed by atoms with Crippen LogP contribution in [0.15, 0.2) is 41.3 Å². The van der Waals surface area contributed by atoms with Crippen molar-refractivity contribution in [2.75, 3.05) is 13.2 Å². The summed E-state index contributed by atoms with van der Waals surface area (Å²) < 4.78 is 55.0. The van der Waals surface area contributed by atoms with Crippen molar-refractivity contribution >= 4 is 10.1 Å². The Hall–Kier alpha value is -2.16. The van der Waals surface area contributed by atoms with E-state index in [9.17, 15) is 17.9 Å². The molecule has 0 saturated carbocycles. The van der Waals surface area contributed by atoms with Crippen molar-refractivity contribution in [3.63, 3.8) is 0 Å². The van der Waals surface area contributed by atoms with Crippen LogP contribution in [0.2, 0.25) is 0 Å². The smallest absolute Gasteiger partial charge is 0.297 e. The van der Waals surface area contributed by atoms with Crippen LogP contribution in [0.3, 0.4) is 0 Å². The van der Waals surface area contributed by atoms with Gasteiger partial charge in [-0.25, -0.2) is 4.39 Å². The van der Waals surface area contributed by atoms with Gasteiger partial charge in [-0.05, 0) is 49.9 Å². The van der Waals surface area contributed by atoms with Gasteiger partial charge in [0.25, 0.3) is 10.1 Å². The zero-order chi connectivity index (χ0) is 21.7. The summed E-state index contributed by atoms with van der Waals surface area (Å²) in [5, 5.41) is 10.4. The topological polar surface area (TPSA) is 82.1 Å². The molecule has 0 aromatic heterocycles. The zero-order valence-electron chi connectivity index (χ0n) is 17.1. The molecule has 0 aliphatic carbocycles. The number of hydrogen-bond donors (Lipinski definition) is 1. The molecular weight excluding hydrogens is 411 g/mol. The van der Waals surface area contributed by atoms with Crippen LogP contribution in [0, 0.1) is 12.7 Å².